The molecular weight excluding hydrogens is 384 g/mol. The highest BCUT2D eigenvalue weighted by Crippen LogP contribution is 2.29. The summed E-state index contributed by atoms with van der Waals surface area (Å²) in [4.78, 5) is 16.8. The molecule has 5 heteroatoms. The summed E-state index contributed by atoms with van der Waals surface area (Å²) in [6.45, 7) is 0. The number of anilines is 1. The van der Waals surface area contributed by atoms with Crippen LogP contribution in [0, 0.1) is 0 Å². The molecule has 4 rings (SSSR count). The quantitative estimate of drug-likeness (QED) is 0.308. The number of carbonyl (C=O) groups is 1. The highest BCUT2D eigenvalue weighted by atomic mass is 32.2. The van der Waals surface area contributed by atoms with Gasteiger partial charge in [0.25, 0.3) is 0 Å². The van der Waals surface area contributed by atoms with Crippen LogP contribution in [0.25, 0.3) is 22.4 Å². The number of carbonyl (C=O) groups excluding carboxylic acids is 1. The molecule has 0 aliphatic heterocycles. The molecule has 0 atom stereocenters. The molecular formula is C23H18N2OS2. The van der Waals surface area contributed by atoms with E-state index >= 15 is 0 Å². The van der Waals surface area contributed by atoms with Crippen molar-refractivity contribution in [3.8, 4) is 0 Å². The minimum atomic E-state index is -0.0307. The van der Waals surface area contributed by atoms with Gasteiger partial charge < -0.3 is 5.32 Å². The molecule has 0 unspecified atom stereocenters. The van der Waals surface area contributed by atoms with Gasteiger partial charge >= 0.3 is 0 Å². The second-order valence-electron chi connectivity index (χ2n) is 6.15. The van der Waals surface area contributed by atoms with Crippen LogP contribution in [0.4, 0.5) is 5.69 Å². The van der Waals surface area contributed by atoms with Crippen LogP contribution in [0.3, 0.4) is 0 Å². The van der Waals surface area contributed by atoms with Crippen LogP contribution in [0.5, 0.6) is 0 Å². The average Bonchev–Trinajstić information content (AvgIpc) is 3.16. The van der Waals surface area contributed by atoms with Crippen LogP contribution in [-0.2, 0) is 4.79 Å². The smallest absolute Gasteiger partial charge is 0.234 e. The van der Waals surface area contributed by atoms with Gasteiger partial charge in [-0.25, -0.2) is 4.98 Å². The van der Waals surface area contributed by atoms with Crippen LogP contribution in [0.1, 0.15) is 11.1 Å². The Labute approximate surface area is 172 Å². The van der Waals surface area contributed by atoms with Crippen molar-refractivity contribution in [2.75, 3.05) is 11.1 Å². The molecule has 1 amide bonds. The van der Waals surface area contributed by atoms with Crippen molar-refractivity contribution < 1.29 is 4.79 Å². The lowest BCUT2D eigenvalue weighted by molar-refractivity contribution is -0.113. The van der Waals surface area contributed by atoms with Crippen molar-refractivity contribution in [2.45, 2.75) is 4.34 Å². The van der Waals surface area contributed by atoms with E-state index in [1.165, 1.54) is 11.8 Å². The molecule has 28 heavy (non-hydrogen) atoms. The summed E-state index contributed by atoms with van der Waals surface area (Å²) < 4.78 is 2.06. The first kappa shape index (κ1) is 18.5. The van der Waals surface area contributed by atoms with E-state index in [1.807, 2.05) is 66.7 Å². The van der Waals surface area contributed by atoms with E-state index in [4.69, 9.17) is 0 Å². The lowest BCUT2D eigenvalue weighted by Crippen LogP contribution is -2.13. The third-order valence-electron chi connectivity index (χ3n) is 4.06. The third kappa shape index (κ3) is 4.88. The van der Waals surface area contributed by atoms with Gasteiger partial charge in [0.2, 0.25) is 5.91 Å². The van der Waals surface area contributed by atoms with Gasteiger partial charge in [0.1, 0.15) is 0 Å². The first-order chi connectivity index (χ1) is 13.8. The molecule has 0 saturated carbocycles. The van der Waals surface area contributed by atoms with Crippen molar-refractivity contribution in [3.05, 3.63) is 90.0 Å². The summed E-state index contributed by atoms with van der Waals surface area (Å²) >= 11 is 3.08. The van der Waals surface area contributed by atoms with Gasteiger partial charge in [-0.3, -0.25) is 4.79 Å². The first-order valence-electron chi connectivity index (χ1n) is 8.88. The number of rotatable bonds is 6. The largest absolute Gasteiger partial charge is 0.325 e. The SMILES string of the molecule is O=C(CSc1nc2ccccc2s1)Nc1ccc(/C=C/c2ccccc2)cc1. The molecule has 1 heterocycles. The van der Waals surface area contributed by atoms with E-state index in [9.17, 15) is 4.79 Å². The fraction of sp³-hybridized carbons (Fsp3) is 0.0435. The summed E-state index contributed by atoms with van der Waals surface area (Å²) in [7, 11) is 0. The van der Waals surface area contributed by atoms with Gasteiger partial charge in [-0.05, 0) is 35.4 Å². The van der Waals surface area contributed by atoms with Gasteiger partial charge in [0.05, 0.1) is 16.0 Å². The Balaban J connectivity index is 1.31. The number of thioether (sulfide) groups is 1. The minimum Gasteiger partial charge on any atom is -0.325 e. The zero-order valence-electron chi connectivity index (χ0n) is 15.0. The van der Waals surface area contributed by atoms with Crippen molar-refractivity contribution in [2.24, 2.45) is 0 Å². The molecule has 138 valence electrons. The van der Waals surface area contributed by atoms with Crippen LogP contribution >= 0.6 is 23.1 Å². The molecule has 3 nitrogen and oxygen atoms in total. The van der Waals surface area contributed by atoms with Gasteiger partial charge in [-0.1, -0.05) is 78.5 Å². The van der Waals surface area contributed by atoms with E-state index < -0.39 is 0 Å². The van der Waals surface area contributed by atoms with Crippen LogP contribution in [0.15, 0.2) is 83.2 Å². The zero-order valence-corrected chi connectivity index (χ0v) is 16.7. The molecule has 0 spiro atoms. The lowest BCUT2D eigenvalue weighted by Gasteiger charge is -2.04. The van der Waals surface area contributed by atoms with E-state index in [2.05, 4.69) is 34.6 Å². The monoisotopic (exact) mass is 402 g/mol. The molecule has 1 aromatic heterocycles. The summed E-state index contributed by atoms with van der Waals surface area (Å²) in [6, 6.07) is 26.0. The number of para-hydroxylation sites is 1. The highest BCUT2D eigenvalue weighted by molar-refractivity contribution is 8.01. The normalized spacial score (nSPS) is 11.1. The van der Waals surface area contributed by atoms with Crippen LogP contribution in [0.2, 0.25) is 0 Å². The Morgan fingerprint density at radius 3 is 2.32 bits per heavy atom. The van der Waals surface area contributed by atoms with E-state index in [0.29, 0.717) is 5.75 Å². The van der Waals surface area contributed by atoms with Crippen molar-refractivity contribution in [1.29, 1.82) is 0 Å². The molecule has 1 N–H and O–H groups in total. The molecule has 3 aromatic carbocycles. The van der Waals surface area contributed by atoms with Gasteiger partial charge in [0, 0.05) is 5.69 Å². The van der Waals surface area contributed by atoms with Crippen LogP contribution in [-0.4, -0.2) is 16.6 Å². The molecule has 0 radical (unpaired) electrons. The molecule has 0 aliphatic carbocycles. The minimum absolute atomic E-state index is 0.0307. The van der Waals surface area contributed by atoms with Gasteiger partial charge in [-0.15, -0.1) is 11.3 Å². The fourth-order valence-electron chi connectivity index (χ4n) is 2.67. The maximum absolute atomic E-state index is 12.2. The number of thiazole rings is 1. The fourth-order valence-corrected chi connectivity index (χ4v) is 4.54. The summed E-state index contributed by atoms with van der Waals surface area (Å²) in [5.41, 5.74) is 4.03. The Morgan fingerprint density at radius 2 is 1.57 bits per heavy atom. The third-order valence-corrected chi connectivity index (χ3v) is 6.24. The number of nitrogens with one attached hydrogen (secondary N) is 1. The maximum atomic E-state index is 12.2. The number of hydrogen-bond donors (Lipinski definition) is 1. The summed E-state index contributed by atoms with van der Waals surface area (Å²) in [5.74, 6) is 0.312. The average molecular weight is 403 g/mol. The Bertz CT molecular complexity index is 1070. The number of amides is 1. The lowest BCUT2D eigenvalue weighted by atomic mass is 10.1. The van der Waals surface area contributed by atoms with E-state index in [1.54, 1.807) is 11.3 Å². The van der Waals surface area contributed by atoms with E-state index in [0.717, 1.165) is 31.4 Å². The van der Waals surface area contributed by atoms with Crippen molar-refractivity contribution in [1.82, 2.24) is 4.98 Å². The van der Waals surface area contributed by atoms with Crippen molar-refractivity contribution in [3.63, 3.8) is 0 Å². The standard InChI is InChI=1S/C23H18N2OS2/c26-22(16-27-23-25-20-8-4-5-9-21(20)28-23)24-19-14-12-18(13-15-19)11-10-17-6-2-1-3-7-17/h1-15H,16H2,(H,24,26)/b11-10+. The molecule has 0 bridgehead atoms. The highest BCUT2D eigenvalue weighted by Gasteiger charge is 2.08. The summed E-state index contributed by atoms with van der Waals surface area (Å²) in [6.07, 6.45) is 4.13. The molecule has 0 aliphatic rings. The van der Waals surface area contributed by atoms with E-state index in [-0.39, 0.29) is 5.91 Å². The number of aromatic nitrogens is 1. The van der Waals surface area contributed by atoms with Gasteiger partial charge in [-0.2, -0.15) is 0 Å². The Kier molecular flexibility index (Phi) is 5.85. The summed E-state index contributed by atoms with van der Waals surface area (Å²) in [5, 5.41) is 2.94. The topological polar surface area (TPSA) is 42.0 Å². The number of benzene rings is 3. The Hall–Kier alpha value is -2.89. The van der Waals surface area contributed by atoms with Crippen molar-refractivity contribution >= 4 is 57.1 Å². The zero-order chi connectivity index (χ0) is 19.2. The second-order valence-corrected chi connectivity index (χ2v) is 8.40. The Morgan fingerprint density at radius 1 is 0.893 bits per heavy atom. The molecule has 4 aromatic rings. The molecule has 0 saturated heterocycles. The predicted molar refractivity (Wildman–Crippen MR) is 121 cm³/mol. The van der Waals surface area contributed by atoms with Crippen LogP contribution < -0.4 is 5.32 Å². The predicted octanol–water partition coefficient (Wildman–Crippen LogP) is 6.20. The first-order valence-corrected chi connectivity index (χ1v) is 10.7. The molecule has 0 fully saturated rings. The number of nitrogens with zero attached hydrogens (tertiary/aromatic N) is 1. The second kappa shape index (κ2) is 8.87. The van der Waals surface area contributed by atoms with Gasteiger partial charge in [0.15, 0.2) is 4.34 Å². The number of hydrogen-bond acceptors (Lipinski definition) is 4. The number of fused-ring (bicyclic) bond motifs is 1. The maximum Gasteiger partial charge on any atom is 0.234 e.